The molecule has 0 aliphatic carbocycles. The zero-order valence-corrected chi connectivity index (χ0v) is 12.7. The third-order valence-corrected chi connectivity index (χ3v) is 4.53. The zero-order valence-electron chi connectivity index (χ0n) is 12.7. The van der Waals surface area contributed by atoms with Gasteiger partial charge < -0.3 is 5.32 Å². The number of nitrogens with one attached hydrogen (secondary N) is 1. The predicted octanol–water partition coefficient (Wildman–Crippen LogP) is 3.12. The van der Waals surface area contributed by atoms with Crippen LogP contribution in [0.2, 0.25) is 0 Å². The first kappa shape index (κ1) is 14.5. The summed E-state index contributed by atoms with van der Waals surface area (Å²) in [6.45, 7) is 12.7. The van der Waals surface area contributed by atoms with Crippen LogP contribution in [-0.2, 0) is 6.54 Å². The van der Waals surface area contributed by atoms with Gasteiger partial charge in [-0.1, -0.05) is 25.1 Å². The maximum Gasteiger partial charge on any atom is 0.0236 e. The predicted molar refractivity (Wildman–Crippen MR) is 82.5 cm³/mol. The average molecular weight is 260 g/mol. The first-order valence-corrected chi connectivity index (χ1v) is 7.69. The lowest BCUT2D eigenvalue weighted by molar-refractivity contribution is 0.207. The van der Waals surface area contributed by atoms with E-state index in [0.29, 0.717) is 0 Å². The van der Waals surface area contributed by atoms with Crippen molar-refractivity contribution in [2.24, 2.45) is 5.92 Å². The van der Waals surface area contributed by atoms with Crippen molar-refractivity contribution in [1.82, 2.24) is 10.2 Å². The third-order valence-electron chi connectivity index (χ3n) is 4.53. The molecule has 1 aliphatic rings. The minimum absolute atomic E-state index is 0.881. The van der Waals surface area contributed by atoms with Crippen molar-refractivity contribution < 1.29 is 0 Å². The van der Waals surface area contributed by atoms with Crippen LogP contribution >= 0.6 is 0 Å². The fourth-order valence-corrected chi connectivity index (χ4v) is 2.96. The van der Waals surface area contributed by atoms with Gasteiger partial charge in [-0.05, 0) is 68.9 Å². The van der Waals surface area contributed by atoms with E-state index < -0.39 is 0 Å². The molecule has 0 amide bonds. The summed E-state index contributed by atoms with van der Waals surface area (Å²) in [5, 5.41) is 3.45. The van der Waals surface area contributed by atoms with E-state index in [4.69, 9.17) is 0 Å². The molecular formula is C17H28N2. The highest BCUT2D eigenvalue weighted by Crippen LogP contribution is 2.18. The highest BCUT2D eigenvalue weighted by atomic mass is 15.1. The molecule has 19 heavy (non-hydrogen) atoms. The van der Waals surface area contributed by atoms with Crippen molar-refractivity contribution in [3.05, 3.63) is 34.9 Å². The van der Waals surface area contributed by atoms with Gasteiger partial charge in [-0.15, -0.1) is 0 Å². The van der Waals surface area contributed by atoms with Crippen molar-refractivity contribution in [2.45, 2.75) is 40.2 Å². The van der Waals surface area contributed by atoms with Crippen LogP contribution in [0, 0.1) is 19.8 Å². The van der Waals surface area contributed by atoms with Gasteiger partial charge in [0.1, 0.15) is 0 Å². The molecule has 0 atom stereocenters. The minimum Gasteiger partial charge on any atom is -0.317 e. The Kier molecular flexibility index (Phi) is 5.41. The number of rotatable bonds is 5. The molecule has 0 aromatic heterocycles. The number of hydrogen-bond acceptors (Lipinski definition) is 2. The SMILES string of the molecule is CCN(Cc1cccc(C)c1C)CC1CCNCC1. The Morgan fingerprint density at radius 1 is 1.21 bits per heavy atom. The molecule has 106 valence electrons. The Hall–Kier alpha value is -0.860. The van der Waals surface area contributed by atoms with E-state index in [9.17, 15) is 0 Å². The van der Waals surface area contributed by atoms with E-state index in [-0.39, 0.29) is 0 Å². The Bertz CT molecular complexity index is 394. The smallest absolute Gasteiger partial charge is 0.0236 e. The molecule has 1 aliphatic heterocycles. The Morgan fingerprint density at radius 3 is 2.63 bits per heavy atom. The second-order valence-electron chi connectivity index (χ2n) is 5.88. The minimum atomic E-state index is 0.881. The summed E-state index contributed by atoms with van der Waals surface area (Å²) in [4.78, 5) is 2.61. The summed E-state index contributed by atoms with van der Waals surface area (Å²) < 4.78 is 0. The van der Waals surface area contributed by atoms with Crippen LogP contribution in [0.5, 0.6) is 0 Å². The van der Waals surface area contributed by atoms with Crippen LogP contribution in [0.3, 0.4) is 0 Å². The lowest BCUT2D eigenvalue weighted by Gasteiger charge is -2.29. The fourth-order valence-electron chi connectivity index (χ4n) is 2.96. The van der Waals surface area contributed by atoms with Gasteiger partial charge in [0.05, 0.1) is 0 Å². The Morgan fingerprint density at radius 2 is 1.95 bits per heavy atom. The standard InChI is InChI=1S/C17H28N2/c1-4-19(12-16-8-10-18-11-9-16)13-17-7-5-6-14(2)15(17)3/h5-7,16,18H,4,8-13H2,1-3H3. The summed E-state index contributed by atoms with van der Waals surface area (Å²) in [5.41, 5.74) is 4.37. The maximum atomic E-state index is 3.45. The molecule has 0 saturated carbocycles. The molecular weight excluding hydrogens is 232 g/mol. The molecule has 2 nitrogen and oxygen atoms in total. The van der Waals surface area contributed by atoms with Crippen LogP contribution in [0.4, 0.5) is 0 Å². The van der Waals surface area contributed by atoms with Crippen molar-refractivity contribution in [3.8, 4) is 0 Å². The molecule has 0 bridgehead atoms. The largest absolute Gasteiger partial charge is 0.317 e. The zero-order chi connectivity index (χ0) is 13.7. The summed E-state index contributed by atoms with van der Waals surface area (Å²) in [5.74, 6) is 0.881. The van der Waals surface area contributed by atoms with E-state index >= 15 is 0 Å². The second-order valence-corrected chi connectivity index (χ2v) is 5.88. The van der Waals surface area contributed by atoms with Crippen LogP contribution in [0.25, 0.3) is 0 Å². The highest BCUT2D eigenvalue weighted by Gasteiger charge is 2.16. The number of nitrogens with zero attached hydrogens (tertiary/aromatic N) is 1. The van der Waals surface area contributed by atoms with Gasteiger partial charge in [0, 0.05) is 13.1 Å². The first-order valence-electron chi connectivity index (χ1n) is 7.69. The van der Waals surface area contributed by atoms with Gasteiger partial charge >= 0.3 is 0 Å². The molecule has 1 aromatic rings. The van der Waals surface area contributed by atoms with Gasteiger partial charge in [0.25, 0.3) is 0 Å². The lowest BCUT2D eigenvalue weighted by Crippen LogP contribution is -2.36. The van der Waals surface area contributed by atoms with E-state index in [1.807, 2.05) is 0 Å². The molecule has 2 heteroatoms. The van der Waals surface area contributed by atoms with Crippen molar-refractivity contribution in [2.75, 3.05) is 26.2 Å². The summed E-state index contributed by atoms with van der Waals surface area (Å²) in [6, 6.07) is 6.69. The van der Waals surface area contributed by atoms with Gasteiger partial charge in [0.2, 0.25) is 0 Å². The Balaban J connectivity index is 1.96. The summed E-state index contributed by atoms with van der Waals surface area (Å²) in [7, 11) is 0. The van der Waals surface area contributed by atoms with Gasteiger partial charge in [-0.25, -0.2) is 0 Å². The third kappa shape index (κ3) is 4.05. The normalized spacial score (nSPS) is 17.1. The van der Waals surface area contributed by atoms with E-state index in [1.54, 1.807) is 0 Å². The van der Waals surface area contributed by atoms with Crippen LogP contribution < -0.4 is 5.32 Å². The van der Waals surface area contributed by atoms with Crippen LogP contribution in [0.1, 0.15) is 36.5 Å². The molecule has 0 radical (unpaired) electrons. The molecule has 1 heterocycles. The fraction of sp³-hybridized carbons (Fsp3) is 0.647. The first-order chi connectivity index (χ1) is 9.20. The van der Waals surface area contributed by atoms with E-state index in [0.717, 1.165) is 19.0 Å². The number of hydrogen-bond donors (Lipinski definition) is 1. The summed E-state index contributed by atoms with van der Waals surface area (Å²) in [6.07, 6.45) is 2.67. The van der Waals surface area contributed by atoms with Gasteiger partial charge in [-0.3, -0.25) is 4.90 Å². The highest BCUT2D eigenvalue weighted by molar-refractivity contribution is 5.32. The molecule has 2 rings (SSSR count). The molecule has 1 fully saturated rings. The quantitative estimate of drug-likeness (QED) is 0.875. The van der Waals surface area contributed by atoms with Gasteiger partial charge in [-0.2, -0.15) is 0 Å². The van der Waals surface area contributed by atoms with Gasteiger partial charge in [0.15, 0.2) is 0 Å². The van der Waals surface area contributed by atoms with Crippen molar-refractivity contribution in [3.63, 3.8) is 0 Å². The lowest BCUT2D eigenvalue weighted by atomic mass is 9.97. The Labute approximate surface area is 118 Å². The molecule has 0 unspecified atom stereocenters. The second kappa shape index (κ2) is 7.06. The maximum absolute atomic E-state index is 3.45. The molecule has 1 aromatic carbocycles. The summed E-state index contributed by atoms with van der Waals surface area (Å²) >= 11 is 0. The topological polar surface area (TPSA) is 15.3 Å². The average Bonchev–Trinajstić information content (AvgIpc) is 2.44. The molecule has 1 saturated heterocycles. The molecule has 0 spiro atoms. The van der Waals surface area contributed by atoms with E-state index in [1.165, 1.54) is 49.2 Å². The number of aryl methyl sites for hydroxylation is 1. The van der Waals surface area contributed by atoms with Crippen LogP contribution in [0.15, 0.2) is 18.2 Å². The number of benzene rings is 1. The van der Waals surface area contributed by atoms with Crippen molar-refractivity contribution >= 4 is 0 Å². The van der Waals surface area contributed by atoms with Crippen molar-refractivity contribution in [1.29, 1.82) is 0 Å². The monoisotopic (exact) mass is 260 g/mol. The molecule has 1 N–H and O–H groups in total. The van der Waals surface area contributed by atoms with E-state index in [2.05, 4.69) is 49.2 Å². The number of piperidine rings is 1. The van der Waals surface area contributed by atoms with Crippen LogP contribution in [-0.4, -0.2) is 31.1 Å².